The van der Waals surface area contributed by atoms with Gasteiger partial charge in [0, 0.05) is 25.6 Å². The number of aliphatic carboxylic acids is 1. The number of hydrogen-bond acceptors (Lipinski definition) is 2. The van der Waals surface area contributed by atoms with Crippen LogP contribution >= 0.6 is 12.4 Å². The third kappa shape index (κ3) is 4.09. The van der Waals surface area contributed by atoms with E-state index >= 15 is 0 Å². The summed E-state index contributed by atoms with van der Waals surface area (Å²) in [5.41, 5.74) is 1.93. The van der Waals surface area contributed by atoms with Gasteiger partial charge in [-0.05, 0) is 23.3 Å². The van der Waals surface area contributed by atoms with Gasteiger partial charge in [-0.15, -0.1) is 12.4 Å². The van der Waals surface area contributed by atoms with Crippen molar-refractivity contribution in [3.8, 4) is 0 Å². The number of hydrogen-bond donors (Lipinski definition) is 1. The van der Waals surface area contributed by atoms with Crippen LogP contribution in [0.15, 0.2) is 54.6 Å². The molecule has 23 heavy (non-hydrogen) atoms. The molecule has 1 N–H and O–H groups in total. The summed E-state index contributed by atoms with van der Waals surface area (Å²) in [7, 11) is 0. The van der Waals surface area contributed by atoms with Crippen molar-refractivity contribution in [3.05, 3.63) is 71.5 Å². The van der Waals surface area contributed by atoms with E-state index in [1.165, 1.54) is 12.1 Å². The molecule has 2 aromatic carbocycles. The van der Waals surface area contributed by atoms with E-state index in [-0.39, 0.29) is 24.1 Å². The molecule has 2 unspecified atom stereocenters. The highest BCUT2D eigenvalue weighted by molar-refractivity contribution is 5.85. The van der Waals surface area contributed by atoms with Crippen molar-refractivity contribution in [1.29, 1.82) is 0 Å². The molecule has 0 spiro atoms. The van der Waals surface area contributed by atoms with Crippen LogP contribution in [-0.4, -0.2) is 29.1 Å². The number of carbonyl (C=O) groups is 1. The second kappa shape index (κ2) is 7.57. The minimum Gasteiger partial charge on any atom is -0.481 e. The van der Waals surface area contributed by atoms with Crippen LogP contribution < -0.4 is 0 Å². The fourth-order valence-electron chi connectivity index (χ4n) is 3.18. The second-order valence-corrected chi connectivity index (χ2v) is 5.79. The van der Waals surface area contributed by atoms with E-state index in [1.54, 1.807) is 6.07 Å². The molecule has 0 aliphatic carbocycles. The molecule has 1 aliphatic heterocycles. The highest BCUT2D eigenvalue weighted by Gasteiger charge is 2.38. The fraction of sp³-hybridized carbons (Fsp3) is 0.278. The summed E-state index contributed by atoms with van der Waals surface area (Å²) in [6, 6.07) is 16.3. The number of halogens is 2. The van der Waals surface area contributed by atoms with Gasteiger partial charge >= 0.3 is 5.97 Å². The van der Waals surface area contributed by atoms with E-state index in [4.69, 9.17) is 0 Å². The van der Waals surface area contributed by atoms with E-state index in [1.807, 2.05) is 36.4 Å². The molecule has 2 aromatic rings. The lowest BCUT2D eigenvalue weighted by Crippen LogP contribution is -2.23. The summed E-state index contributed by atoms with van der Waals surface area (Å²) >= 11 is 0. The van der Waals surface area contributed by atoms with Crippen LogP contribution in [0.4, 0.5) is 4.39 Å². The molecule has 0 radical (unpaired) electrons. The Morgan fingerprint density at radius 1 is 1.13 bits per heavy atom. The maximum Gasteiger partial charge on any atom is 0.308 e. The van der Waals surface area contributed by atoms with Gasteiger partial charge in [-0.2, -0.15) is 0 Å². The Bertz CT molecular complexity index is 665. The first-order valence-corrected chi connectivity index (χ1v) is 7.38. The summed E-state index contributed by atoms with van der Waals surface area (Å²) in [5.74, 6) is -1.80. The Morgan fingerprint density at radius 3 is 2.52 bits per heavy atom. The molecule has 1 fully saturated rings. The zero-order valence-corrected chi connectivity index (χ0v) is 13.4. The number of nitrogens with zero attached hydrogens (tertiary/aromatic N) is 1. The number of carboxylic acid groups (broad SMARTS) is 1. The molecule has 122 valence electrons. The molecule has 0 bridgehead atoms. The zero-order chi connectivity index (χ0) is 15.5. The Balaban J connectivity index is 0.00000192. The summed E-state index contributed by atoms with van der Waals surface area (Å²) in [5, 5.41) is 9.48. The molecule has 1 heterocycles. The van der Waals surface area contributed by atoms with Crippen molar-refractivity contribution in [2.24, 2.45) is 5.92 Å². The monoisotopic (exact) mass is 335 g/mol. The van der Waals surface area contributed by atoms with Crippen LogP contribution in [0.3, 0.4) is 0 Å². The lowest BCUT2D eigenvalue weighted by Gasteiger charge is -2.16. The van der Waals surface area contributed by atoms with Crippen LogP contribution in [0, 0.1) is 11.7 Å². The standard InChI is InChI=1S/C18H18FNO2.ClH/c19-15-8-4-7-14(9-15)16-11-20(12-17(16)18(21)22)10-13-5-2-1-3-6-13;/h1-9,16-17H,10-12H2,(H,21,22);1H. The molecule has 3 nitrogen and oxygen atoms in total. The van der Waals surface area contributed by atoms with Crippen molar-refractivity contribution in [2.75, 3.05) is 13.1 Å². The highest BCUT2D eigenvalue weighted by Crippen LogP contribution is 2.33. The normalized spacial score (nSPS) is 20.9. The first-order chi connectivity index (χ1) is 10.6. The molecular formula is C18H19ClFNO2. The molecule has 5 heteroatoms. The predicted octanol–water partition coefficient (Wildman–Crippen LogP) is 3.55. The third-order valence-corrected chi connectivity index (χ3v) is 4.24. The quantitative estimate of drug-likeness (QED) is 0.929. The molecule has 0 amide bonds. The smallest absolute Gasteiger partial charge is 0.308 e. The zero-order valence-electron chi connectivity index (χ0n) is 12.6. The van der Waals surface area contributed by atoms with Gasteiger partial charge in [0.1, 0.15) is 5.82 Å². The van der Waals surface area contributed by atoms with Crippen LogP contribution in [0.5, 0.6) is 0 Å². The molecule has 0 saturated carbocycles. The van der Waals surface area contributed by atoms with E-state index in [9.17, 15) is 14.3 Å². The minimum absolute atomic E-state index is 0. The molecule has 1 aliphatic rings. The number of benzene rings is 2. The topological polar surface area (TPSA) is 40.5 Å². The second-order valence-electron chi connectivity index (χ2n) is 5.79. The Morgan fingerprint density at radius 2 is 1.87 bits per heavy atom. The van der Waals surface area contributed by atoms with Gasteiger partial charge in [0.25, 0.3) is 0 Å². The van der Waals surface area contributed by atoms with Gasteiger partial charge in [0.15, 0.2) is 0 Å². The first-order valence-electron chi connectivity index (χ1n) is 7.38. The summed E-state index contributed by atoms with van der Waals surface area (Å²) in [4.78, 5) is 13.7. The number of likely N-dealkylation sites (tertiary alicyclic amines) is 1. The van der Waals surface area contributed by atoms with Crippen molar-refractivity contribution in [1.82, 2.24) is 4.90 Å². The van der Waals surface area contributed by atoms with Crippen molar-refractivity contribution >= 4 is 18.4 Å². The number of rotatable bonds is 4. The van der Waals surface area contributed by atoms with Gasteiger partial charge in [-0.25, -0.2) is 4.39 Å². The average Bonchev–Trinajstić information content (AvgIpc) is 2.92. The van der Waals surface area contributed by atoms with E-state index in [2.05, 4.69) is 4.90 Å². The van der Waals surface area contributed by atoms with E-state index in [0.717, 1.165) is 17.7 Å². The lowest BCUT2D eigenvalue weighted by molar-refractivity contribution is -0.141. The van der Waals surface area contributed by atoms with E-state index < -0.39 is 11.9 Å². The Kier molecular flexibility index (Phi) is 5.74. The van der Waals surface area contributed by atoms with Crippen LogP contribution in [0.2, 0.25) is 0 Å². The summed E-state index contributed by atoms with van der Waals surface area (Å²) in [6.07, 6.45) is 0. The van der Waals surface area contributed by atoms with E-state index in [0.29, 0.717) is 13.1 Å². The van der Waals surface area contributed by atoms with Gasteiger partial charge in [-0.3, -0.25) is 9.69 Å². The average molecular weight is 336 g/mol. The SMILES string of the molecule is Cl.O=C(O)C1CN(Cc2ccccc2)CC1c1cccc(F)c1. The van der Waals surface area contributed by atoms with Crippen LogP contribution in [0.1, 0.15) is 17.0 Å². The largest absolute Gasteiger partial charge is 0.481 e. The van der Waals surface area contributed by atoms with Gasteiger partial charge in [0.2, 0.25) is 0 Å². The molecule has 2 atom stereocenters. The maximum absolute atomic E-state index is 13.4. The Hall–Kier alpha value is -1.91. The minimum atomic E-state index is -0.815. The van der Waals surface area contributed by atoms with Crippen LogP contribution in [-0.2, 0) is 11.3 Å². The maximum atomic E-state index is 13.4. The predicted molar refractivity (Wildman–Crippen MR) is 89.2 cm³/mol. The van der Waals surface area contributed by atoms with Gasteiger partial charge in [-0.1, -0.05) is 42.5 Å². The summed E-state index contributed by atoms with van der Waals surface area (Å²) < 4.78 is 13.4. The first kappa shape index (κ1) is 17.4. The van der Waals surface area contributed by atoms with Crippen molar-refractivity contribution in [2.45, 2.75) is 12.5 Å². The fourth-order valence-corrected chi connectivity index (χ4v) is 3.18. The summed E-state index contributed by atoms with van der Waals surface area (Å²) in [6.45, 7) is 1.84. The third-order valence-electron chi connectivity index (χ3n) is 4.24. The van der Waals surface area contributed by atoms with Gasteiger partial charge < -0.3 is 5.11 Å². The Labute approximate surface area is 141 Å². The molecular weight excluding hydrogens is 317 g/mol. The lowest BCUT2D eigenvalue weighted by atomic mass is 9.89. The highest BCUT2D eigenvalue weighted by atomic mass is 35.5. The molecule has 1 saturated heterocycles. The number of carboxylic acids is 1. The van der Waals surface area contributed by atoms with Crippen molar-refractivity contribution < 1.29 is 14.3 Å². The van der Waals surface area contributed by atoms with Crippen LogP contribution in [0.25, 0.3) is 0 Å². The van der Waals surface area contributed by atoms with Crippen molar-refractivity contribution in [3.63, 3.8) is 0 Å². The molecule has 3 rings (SSSR count). The van der Waals surface area contributed by atoms with Gasteiger partial charge in [0.05, 0.1) is 5.92 Å². The molecule has 0 aromatic heterocycles.